The van der Waals surface area contributed by atoms with Crippen molar-refractivity contribution in [2.24, 2.45) is 0 Å². The summed E-state index contributed by atoms with van der Waals surface area (Å²) in [6.45, 7) is 0. The summed E-state index contributed by atoms with van der Waals surface area (Å²) >= 11 is 1.59. The van der Waals surface area contributed by atoms with Crippen molar-refractivity contribution in [3.8, 4) is 0 Å². The zero-order valence-electron chi connectivity index (χ0n) is 12.7. The molecule has 0 spiro atoms. The second kappa shape index (κ2) is 7.38. The molecule has 23 heavy (non-hydrogen) atoms. The number of nitrogens with one attached hydrogen (secondary N) is 3. The quantitative estimate of drug-likeness (QED) is 0.720. The van der Waals surface area contributed by atoms with Gasteiger partial charge in [-0.2, -0.15) is 0 Å². The Balaban J connectivity index is 1.97. The lowest BCUT2D eigenvalue weighted by Crippen LogP contribution is -2.19. The molecule has 0 fully saturated rings. The number of carbonyl (C=O) groups is 1. The predicted octanol–water partition coefficient (Wildman–Crippen LogP) is 3.42. The summed E-state index contributed by atoms with van der Waals surface area (Å²) in [7, 11) is -3.31. The molecule has 0 atom stereocenters. The Labute approximate surface area is 139 Å². The monoisotopic (exact) mass is 351 g/mol. The minimum Gasteiger partial charge on any atom is -0.308 e. The first-order valence-corrected chi connectivity index (χ1v) is 9.77. The Morgan fingerprint density at radius 1 is 0.957 bits per heavy atom. The van der Waals surface area contributed by atoms with Crippen molar-refractivity contribution >= 4 is 44.9 Å². The zero-order chi connectivity index (χ0) is 16.9. The van der Waals surface area contributed by atoms with E-state index in [1.54, 1.807) is 42.1 Å². The van der Waals surface area contributed by atoms with Gasteiger partial charge in [0.25, 0.3) is 0 Å². The second-order valence-corrected chi connectivity index (χ2v) is 7.39. The maximum Gasteiger partial charge on any atom is 0.323 e. The zero-order valence-corrected chi connectivity index (χ0v) is 14.3. The first kappa shape index (κ1) is 17.2. The van der Waals surface area contributed by atoms with Crippen LogP contribution in [0.3, 0.4) is 0 Å². The van der Waals surface area contributed by atoms with E-state index in [1.807, 2.05) is 24.5 Å². The van der Waals surface area contributed by atoms with E-state index in [-0.39, 0.29) is 6.03 Å². The van der Waals surface area contributed by atoms with Gasteiger partial charge in [-0.1, -0.05) is 6.07 Å². The molecule has 0 aliphatic heterocycles. The number of benzene rings is 2. The van der Waals surface area contributed by atoms with Gasteiger partial charge in [0.1, 0.15) is 0 Å². The van der Waals surface area contributed by atoms with Crippen LogP contribution in [-0.2, 0) is 10.0 Å². The summed E-state index contributed by atoms with van der Waals surface area (Å²) in [6.07, 6.45) is 3.04. The molecule has 2 aromatic rings. The van der Waals surface area contributed by atoms with E-state index in [9.17, 15) is 13.2 Å². The van der Waals surface area contributed by atoms with Crippen molar-refractivity contribution in [1.29, 1.82) is 0 Å². The highest BCUT2D eigenvalue weighted by atomic mass is 32.2. The predicted molar refractivity (Wildman–Crippen MR) is 95.8 cm³/mol. The number of hydrogen-bond acceptors (Lipinski definition) is 4. The molecule has 3 N–H and O–H groups in total. The fourth-order valence-corrected chi connectivity index (χ4v) is 2.85. The molecule has 2 aromatic carbocycles. The fraction of sp³-hybridized carbons (Fsp3) is 0.133. The van der Waals surface area contributed by atoms with Crippen molar-refractivity contribution in [2.75, 3.05) is 27.9 Å². The Hall–Kier alpha value is -2.19. The van der Waals surface area contributed by atoms with Crippen LogP contribution >= 0.6 is 11.8 Å². The van der Waals surface area contributed by atoms with E-state index in [4.69, 9.17) is 0 Å². The van der Waals surface area contributed by atoms with Gasteiger partial charge in [-0.15, -0.1) is 11.8 Å². The van der Waals surface area contributed by atoms with E-state index in [0.717, 1.165) is 11.2 Å². The standard InChI is InChI=1S/C15H17N3O3S2/c1-22-14-5-3-4-13(10-14)17-15(19)16-11-6-8-12(9-7-11)18-23(2,20)21/h3-10,18H,1-2H3,(H2,16,17,19). The number of hydrogen-bond donors (Lipinski definition) is 3. The van der Waals surface area contributed by atoms with Crippen molar-refractivity contribution in [2.45, 2.75) is 4.90 Å². The molecule has 8 heteroatoms. The van der Waals surface area contributed by atoms with Crippen LogP contribution in [-0.4, -0.2) is 27.0 Å². The van der Waals surface area contributed by atoms with Gasteiger partial charge in [0.05, 0.1) is 6.26 Å². The van der Waals surface area contributed by atoms with E-state index >= 15 is 0 Å². The van der Waals surface area contributed by atoms with Crippen LogP contribution in [0.4, 0.5) is 21.9 Å². The molecular weight excluding hydrogens is 334 g/mol. The minimum atomic E-state index is -3.31. The highest BCUT2D eigenvalue weighted by molar-refractivity contribution is 7.98. The lowest BCUT2D eigenvalue weighted by Gasteiger charge is -2.09. The molecule has 0 aliphatic carbocycles. The van der Waals surface area contributed by atoms with Crippen molar-refractivity contribution < 1.29 is 13.2 Å². The molecule has 2 rings (SSSR count). The molecule has 0 saturated carbocycles. The number of amides is 2. The van der Waals surface area contributed by atoms with E-state index < -0.39 is 10.0 Å². The summed E-state index contributed by atoms with van der Waals surface area (Å²) in [5.74, 6) is 0. The number of anilines is 3. The number of sulfonamides is 1. The Morgan fingerprint density at radius 3 is 2.17 bits per heavy atom. The number of rotatable bonds is 5. The Morgan fingerprint density at radius 2 is 1.57 bits per heavy atom. The Bertz CT molecular complexity index is 790. The molecular formula is C15H17N3O3S2. The highest BCUT2D eigenvalue weighted by Crippen LogP contribution is 2.19. The molecule has 0 unspecified atom stereocenters. The van der Waals surface area contributed by atoms with E-state index in [2.05, 4.69) is 15.4 Å². The molecule has 0 heterocycles. The smallest absolute Gasteiger partial charge is 0.308 e. The van der Waals surface area contributed by atoms with Crippen LogP contribution in [0, 0.1) is 0 Å². The van der Waals surface area contributed by atoms with Gasteiger partial charge in [-0.25, -0.2) is 13.2 Å². The first-order chi connectivity index (χ1) is 10.9. The molecule has 0 radical (unpaired) electrons. The third kappa shape index (κ3) is 5.84. The van der Waals surface area contributed by atoms with Gasteiger partial charge in [-0.05, 0) is 48.7 Å². The second-order valence-electron chi connectivity index (χ2n) is 4.76. The third-order valence-corrected chi connectivity index (χ3v) is 4.11. The van der Waals surface area contributed by atoms with Crippen LogP contribution < -0.4 is 15.4 Å². The largest absolute Gasteiger partial charge is 0.323 e. The number of thioether (sulfide) groups is 1. The van der Waals surface area contributed by atoms with Gasteiger partial charge in [0.2, 0.25) is 10.0 Å². The van der Waals surface area contributed by atoms with E-state index in [0.29, 0.717) is 17.1 Å². The Kier molecular flexibility index (Phi) is 5.51. The summed E-state index contributed by atoms with van der Waals surface area (Å²) in [6, 6.07) is 13.5. The maximum atomic E-state index is 12.0. The van der Waals surface area contributed by atoms with E-state index in [1.165, 1.54) is 0 Å². The van der Waals surface area contributed by atoms with Crippen LogP contribution in [0.15, 0.2) is 53.4 Å². The molecule has 0 aromatic heterocycles. The highest BCUT2D eigenvalue weighted by Gasteiger charge is 2.05. The lowest BCUT2D eigenvalue weighted by atomic mass is 10.3. The summed E-state index contributed by atoms with van der Waals surface area (Å²) in [4.78, 5) is 13.0. The minimum absolute atomic E-state index is 0.368. The number of urea groups is 1. The van der Waals surface area contributed by atoms with Gasteiger partial charge in [-0.3, -0.25) is 4.72 Å². The number of carbonyl (C=O) groups excluding carboxylic acids is 1. The van der Waals surface area contributed by atoms with Crippen LogP contribution in [0.25, 0.3) is 0 Å². The molecule has 6 nitrogen and oxygen atoms in total. The van der Waals surface area contributed by atoms with Gasteiger partial charge >= 0.3 is 6.03 Å². The molecule has 0 aliphatic rings. The van der Waals surface area contributed by atoms with Crippen molar-refractivity contribution in [1.82, 2.24) is 0 Å². The SMILES string of the molecule is CSc1cccc(NC(=O)Nc2ccc(NS(C)(=O)=O)cc2)c1. The molecule has 0 bridgehead atoms. The molecule has 0 saturated heterocycles. The molecule has 122 valence electrons. The average Bonchev–Trinajstić information content (AvgIpc) is 2.48. The van der Waals surface area contributed by atoms with Crippen molar-refractivity contribution in [3.63, 3.8) is 0 Å². The third-order valence-electron chi connectivity index (χ3n) is 2.77. The maximum absolute atomic E-state index is 12.0. The van der Waals surface area contributed by atoms with Crippen LogP contribution in [0.5, 0.6) is 0 Å². The summed E-state index contributed by atoms with van der Waals surface area (Å²) < 4.78 is 24.6. The van der Waals surface area contributed by atoms with Crippen molar-refractivity contribution in [3.05, 3.63) is 48.5 Å². The fourth-order valence-electron chi connectivity index (χ4n) is 1.83. The normalized spacial score (nSPS) is 10.9. The summed E-state index contributed by atoms with van der Waals surface area (Å²) in [5, 5.41) is 5.43. The summed E-state index contributed by atoms with van der Waals surface area (Å²) in [5.41, 5.74) is 1.69. The van der Waals surface area contributed by atoms with Gasteiger partial charge < -0.3 is 10.6 Å². The van der Waals surface area contributed by atoms with Gasteiger partial charge in [0.15, 0.2) is 0 Å². The topological polar surface area (TPSA) is 87.3 Å². The van der Waals surface area contributed by atoms with Crippen LogP contribution in [0.2, 0.25) is 0 Å². The van der Waals surface area contributed by atoms with Gasteiger partial charge in [0, 0.05) is 22.0 Å². The molecule has 2 amide bonds. The first-order valence-electron chi connectivity index (χ1n) is 6.65. The average molecular weight is 351 g/mol. The van der Waals surface area contributed by atoms with Crippen LogP contribution in [0.1, 0.15) is 0 Å². The lowest BCUT2D eigenvalue weighted by molar-refractivity contribution is 0.262.